The minimum absolute atomic E-state index is 0.452. The van der Waals surface area contributed by atoms with E-state index in [0.717, 1.165) is 6.08 Å². The number of para-hydroxylation sites is 1. The number of benzene rings is 2. The SMILES string of the molecule is C/C(=C\C(=O)O)C(C)NC(=O)OC(CO)c1ccccc1-n1nc2ccccc2n1. The maximum absolute atomic E-state index is 12.3. The van der Waals surface area contributed by atoms with Crippen molar-refractivity contribution in [2.45, 2.75) is 26.0 Å². The van der Waals surface area contributed by atoms with Crippen LogP contribution < -0.4 is 5.32 Å². The first-order chi connectivity index (χ1) is 14.4. The Bertz CT molecular complexity index is 1060. The van der Waals surface area contributed by atoms with Gasteiger partial charge in [0.2, 0.25) is 0 Å². The van der Waals surface area contributed by atoms with Gasteiger partial charge in [-0.3, -0.25) is 0 Å². The summed E-state index contributed by atoms with van der Waals surface area (Å²) in [4.78, 5) is 24.5. The van der Waals surface area contributed by atoms with E-state index in [4.69, 9.17) is 9.84 Å². The number of nitrogens with one attached hydrogen (secondary N) is 1. The summed E-state index contributed by atoms with van der Waals surface area (Å²) >= 11 is 0. The van der Waals surface area contributed by atoms with Crippen LogP contribution in [0.5, 0.6) is 0 Å². The highest BCUT2D eigenvalue weighted by Crippen LogP contribution is 2.25. The Labute approximate surface area is 172 Å². The van der Waals surface area contributed by atoms with E-state index >= 15 is 0 Å². The molecule has 1 heterocycles. The molecule has 1 aromatic heterocycles. The number of aliphatic hydroxyl groups is 1. The highest BCUT2D eigenvalue weighted by atomic mass is 16.6. The Morgan fingerprint density at radius 3 is 2.33 bits per heavy atom. The summed E-state index contributed by atoms with van der Waals surface area (Å²) in [7, 11) is 0. The van der Waals surface area contributed by atoms with E-state index in [1.807, 2.05) is 24.3 Å². The molecule has 1 amide bonds. The summed E-state index contributed by atoms with van der Waals surface area (Å²) < 4.78 is 5.40. The van der Waals surface area contributed by atoms with Crippen LogP contribution in [0.4, 0.5) is 4.79 Å². The maximum Gasteiger partial charge on any atom is 0.408 e. The average molecular weight is 410 g/mol. The summed E-state index contributed by atoms with van der Waals surface area (Å²) in [5.41, 5.74) is 2.96. The van der Waals surface area contributed by atoms with Crippen molar-refractivity contribution in [3.63, 3.8) is 0 Å². The lowest BCUT2D eigenvalue weighted by Gasteiger charge is -2.21. The number of carbonyl (C=O) groups excluding carboxylic acids is 1. The first kappa shape index (κ1) is 21.0. The van der Waals surface area contributed by atoms with Crippen LogP contribution in [0.15, 0.2) is 60.2 Å². The van der Waals surface area contributed by atoms with Gasteiger partial charge in [-0.25, -0.2) is 9.59 Å². The summed E-state index contributed by atoms with van der Waals surface area (Å²) in [6.45, 7) is 2.77. The number of aliphatic hydroxyl groups excluding tert-OH is 1. The minimum Gasteiger partial charge on any atom is -0.478 e. The summed E-state index contributed by atoms with van der Waals surface area (Å²) in [5.74, 6) is -1.10. The second-order valence-corrected chi connectivity index (χ2v) is 6.71. The number of aliphatic carboxylic acids is 1. The number of hydrogen-bond donors (Lipinski definition) is 3. The first-order valence-corrected chi connectivity index (χ1v) is 9.29. The number of carboxylic acids is 1. The molecule has 0 saturated heterocycles. The van der Waals surface area contributed by atoms with Gasteiger partial charge in [0.1, 0.15) is 11.0 Å². The highest BCUT2D eigenvalue weighted by molar-refractivity contribution is 5.81. The summed E-state index contributed by atoms with van der Waals surface area (Å²) in [6, 6.07) is 13.9. The van der Waals surface area contributed by atoms with Crippen molar-refractivity contribution in [2.75, 3.05) is 6.61 Å². The molecule has 9 nitrogen and oxygen atoms in total. The average Bonchev–Trinajstić information content (AvgIpc) is 3.15. The quantitative estimate of drug-likeness (QED) is 0.511. The van der Waals surface area contributed by atoms with Crippen LogP contribution in [0.2, 0.25) is 0 Å². The fourth-order valence-electron chi connectivity index (χ4n) is 2.88. The minimum atomic E-state index is -1.10. The number of carboxylic acid groups (broad SMARTS) is 1. The third-order valence-electron chi connectivity index (χ3n) is 4.57. The summed E-state index contributed by atoms with van der Waals surface area (Å²) in [6.07, 6.45) is -0.739. The fourth-order valence-corrected chi connectivity index (χ4v) is 2.88. The molecule has 0 aliphatic rings. The van der Waals surface area contributed by atoms with E-state index in [-0.39, 0.29) is 0 Å². The third-order valence-corrected chi connectivity index (χ3v) is 4.57. The number of aromatic nitrogens is 3. The van der Waals surface area contributed by atoms with Crippen LogP contribution in [0.1, 0.15) is 25.5 Å². The van der Waals surface area contributed by atoms with Gasteiger partial charge < -0.3 is 20.3 Å². The smallest absolute Gasteiger partial charge is 0.408 e. The van der Waals surface area contributed by atoms with Crippen LogP contribution in [-0.4, -0.2) is 49.9 Å². The fraction of sp³-hybridized carbons (Fsp3) is 0.238. The molecule has 0 aliphatic heterocycles. The molecule has 3 aromatic rings. The molecule has 30 heavy (non-hydrogen) atoms. The molecule has 0 aliphatic carbocycles. The number of nitrogens with zero attached hydrogens (tertiary/aromatic N) is 3. The zero-order chi connectivity index (χ0) is 21.7. The van der Waals surface area contributed by atoms with Crippen LogP contribution >= 0.6 is 0 Å². The molecule has 0 fully saturated rings. The molecule has 0 spiro atoms. The van der Waals surface area contributed by atoms with Crippen molar-refractivity contribution in [2.24, 2.45) is 0 Å². The van der Waals surface area contributed by atoms with Crippen LogP contribution in [0.3, 0.4) is 0 Å². The van der Waals surface area contributed by atoms with E-state index in [2.05, 4.69) is 15.5 Å². The largest absolute Gasteiger partial charge is 0.478 e. The third kappa shape index (κ3) is 4.81. The molecule has 2 unspecified atom stereocenters. The lowest BCUT2D eigenvalue weighted by atomic mass is 10.1. The molecule has 3 N–H and O–H groups in total. The predicted molar refractivity (Wildman–Crippen MR) is 109 cm³/mol. The number of hydrogen-bond acceptors (Lipinski definition) is 6. The molecule has 0 bridgehead atoms. The Kier molecular flexibility index (Phi) is 6.43. The molecule has 2 aromatic carbocycles. The summed E-state index contributed by atoms with van der Waals surface area (Å²) in [5, 5.41) is 30.1. The van der Waals surface area contributed by atoms with E-state index in [1.165, 1.54) is 4.80 Å². The molecule has 3 rings (SSSR count). The van der Waals surface area contributed by atoms with E-state index < -0.39 is 30.8 Å². The molecule has 0 saturated carbocycles. The van der Waals surface area contributed by atoms with Gasteiger partial charge in [0.05, 0.1) is 18.3 Å². The van der Waals surface area contributed by atoms with Gasteiger partial charge >= 0.3 is 12.1 Å². The van der Waals surface area contributed by atoms with Crippen molar-refractivity contribution in [3.8, 4) is 5.69 Å². The number of alkyl carbamates (subject to hydrolysis) is 1. The zero-order valence-electron chi connectivity index (χ0n) is 16.5. The lowest BCUT2D eigenvalue weighted by molar-refractivity contribution is -0.131. The van der Waals surface area contributed by atoms with Crippen molar-refractivity contribution < 1.29 is 24.5 Å². The van der Waals surface area contributed by atoms with Crippen molar-refractivity contribution >= 4 is 23.1 Å². The van der Waals surface area contributed by atoms with Crippen LogP contribution in [0.25, 0.3) is 16.7 Å². The number of carbonyl (C=O) groups is 2. The standard InChI is InChI=1S/C21H22N4O5/c1-13(11-20(27)28)14(2)22-21(29)30-19(12-26)15-7-3-6-10-18(15)25-23-16-8-4-5-9-17(16)24-25/h3-11,14,19,26H,12H2,1-2H3,(H,22,29)(H,27,28)/b13-11+. The Hall–Kier alpha value is -3.72. The molecule has 2 atom stereocenters. The van der Waals surface area contributed by atoms with Crippen LogP contribution in [0, 0.1) is 0 Å². The van der Waals surface area contributed by atoms with Gasteiger partial charge in [-0.2, -0.15) is 0 Å². The molecule has 156 valence electrons. The van der Waals surface area contributed by atoms with Crippen molar-refractivity contribution in [1.29, 1.82) is 0 Å². The van der Waals surface area contributed by atoms with Crippen molar-refractivity contribution in [3.05, 3.63) is 65.7 Å². The van der Waals surface area contributed by atoms with Gasteiger partial charge in [-0.05, 0) is 37.6 Å². The van der Waals surface area contributed by atoms with Gasteiger partial charge in [0.25, 0.3) is 0 Å². The zero-order valence-corrected chi connectivity index (χ0v) is 16.5. The maximum atomic E-state index is 12.3. The monoisotopic (exact) mass is 410 g/mol. The first-order valence-electron chi connectivity index (χ1n) is 9.29. The number of ether oxygens (including phenoxy) is 1. The predicted octanol–water partition coefficient (Wildman–Crippen LogP) is 2.60. The van der Waals surface area contributed by atoms with E-state index in [0.29, 0.717) is 27.9 Å². The molecule has 0 radical (unpaired) electrons. The molecular weight excluding hydrogens is 388 g/mol. The van der Waals surface area contributed by atoms with Gasteiger partial charge in [-0.1, -0.05) is 30.3 Å². The molecule has 9 heteroatoms. The molecular formula is C21H22N4O5. The number of amides is 1. The lowest BCUT2D eigenvalue weighted by Crippen LogP contribution is -2.35. The van der Waals surface area contributed by atoms with E-state index in [1.54, 1.807) is 38.1 Å². The Balaban J connectivity index is 1.82. The van der Waals surface area contributed by atoms with Crippen molar-refractivity contribution in [1.82, 2.24) is 20.3 Å². The second-order valence-electron chi connectivity index (χ2n) is 6.71. The van der Waals surface area contributed by atoms with Gasteiger partial charge in [0.15, 0.2) is 6.10 Å². The van der Waals surface area contributed by atoms with Crippen LogP contribution in [-0.2, 0) is 9.53 Å². The van der Waals surface area contributed by atoms with Gasteiger partial charge in [-0.15, -0.1) is 15.0 Å². The number of rotatable bonds is 7. The number of fused-ring (bicyclic) bond motifs is 1. The Morgan fingerprint density at radius 2 is 1.73 bits per heavy atom. The normalized spacial score (nSPS) is 13.6. The topological polar surface area (TPSA) is 127 Å². The highest BCUT2D eigenvalue weighted by Gasteiger charge is 2.22. The van der Waals surface area contributed by atoms with E-state index in [9.17, 15) is 14.7 Å². The second kappa shape index (κ2) is 9.19. The van der Waals surface area contributed by atoms with Gasteiger partial charge in [0, 0.05) is 11.6 Å². The Morgan fingerprint density at radius 1 is 1.13 bits per heavy atom.